The fraction of sp³-hybridized carbons (Fsp3) is 0.417. The molecule has 8 nitrogen and oxygen atoms in total. The summed E-state index contributed by atoms with van der Waals surface area (Å²) in [4.78, 5) is 27.0. The molecule has 1 amide bonds. The van der Waals surface area contributed by atoms with Gasteiger partial charge in [0.2, 0.25) is 12.7 Å². The fourth-order valence-electron chi connectivity index (χ4n) is 4.58. The van der Waals surface area contributed by atoms with Crippen LogP contribution in [0.2, 0.25) is 0 Å². The third-order valence-corrected chi connectivity index (χ3v) is 6.08. The van der Waals surface area contributed by atoms with E-state index in [2.05, 4.69) is 5.32 Å². The van der Waals surface area contributed by atoms with Gasteiger partial charge in [-0.2, -0.15) is 0 Å². The van der Waals surface area contributed by atoms with Gasteiger partial charge in [-0.1, -0.05) is 25.1 Å². The second kappa shape index (κ2) is 9.48. The van der Waals surface area contributed by atoms with Crippen molar-refractivity contribution < 1.29 is 28.9 Å². The van der Waals surface area contributed by atoms with Gasteiger partial charge < -0.3 is 24.6 Å². The Morgan fingerprint density at radius 3 is 2.53 bits per heavy atom. The summed E-state index contributed by atoms with van der Waals surface area (Å²) in [6, 6.07) is 12.5. The molecule has 4 rings (SSSR count). The molecule has 8 heteroatoms. The molecule has 2 N–H and O–H groups in total. The van der Waals surface area contributed by atoms with E-state index < -0.39 is 17.9 Å². The number of carbonyl (C=O) groups excluding carboxylic acids is 1. The molecule has 32 heavy (non-hydrogen) atoms. The minimum absolute atomic E-state index is 0.110. The molecule has 1 unspecified atom stereocenters. The van der Waals surface area contributed by atoms with Crippen molar-refractivity contribution in [2.24, 2.45) is 5.92 Å². The highest BCUT2D eigenvalue weighted by atomic mass is 16.7. The van der Waals surface area contributed by atoms with Crippen LogP contribution >= 0.6 is 0 Å². The van der Waals surface area contributed by atoms with Gasteiger partial charge in [0.15, 0.2) is 11.5 Å². The highest BCUT2D eigenvalue weighted by molar-refractivity contribution is 5.79. The Balaban J connectivity index is 1.69. The molecule has 170 valence electrons. The van der Waals surface area contributed by atoms with Gasteiger partial charge >= 0.3 is 5.97 Å². The topological polar surface area (TPSA) is 97.3 Å². The third kappa shape index (κ3) is 4.36. The van der Waals surface area contributed by atoms with Crippen LogP contribution in [-0.4, -0.2) is 55.4 Å². The lowest BCUT2D eigenvalue weighted by atomic mass is 9.82. The average molecular weight is 440 g/mol. The number of carboxylic acids is 1. The zero-order valence-electron chi connectivity index (χ0n) is 18.2. The Morgan fingerprint density at radius 1 is 1.12 bits per heavy atom. The number of methoxy groups -OCH3 is 1. The predicted octanol–water partition coefficient (Wildman–Crippen LogP) is 2.79. The van der Waals surface area contributed by atoms with Crippen molar-refractivity contribution in [1.29, 1.82) is 0 Å². The molecule has 3 atom stereocenters. The first-order valence-corrected chi connectivity index (χ1v) is 10.8. The van der Waals surface area contributed by atoms with Gasteiger partial charge in [-0.3, -0.25) is 14.5 Å². The third-order valence-electron chi connectivity index (χ3n) is 6.08. The van der Waals surface area contributed by atoms with E-state index in [0.717, 1.165) is 17.5 Å². The number of ether oxygens (including phenoxy) is 3. The molecule has 2 aliphatic rings. The minimum atomic E-state index is -0.898. The van der Waals surface area contributed by atoms with E-state index in [0.29, 0.717) is 30.3 Å². The van der Waals surface area contributed by atoms with Gasteiger partial charge in [0.25, 0.3) is 0 Å². The number of carboxylic acid groups (broad SMARTS) is 1. The van der Waals surface area contributed by atoms with Crippen LogP contribution in [0.5, 0.6) is 17.2 Å². The molecular formula is C24H28N2O6. The predicted molar refractivity (Wildman–Crippen MR) is 117 cm³/mol. The van der Waals surface area contributed by atoms with E-state index >= 15 is 0 Å². The van der Waals surface area contributed by atoms with Crippen molar-refractivity contribution in [1.82, 2.24) is 10.2 Å². The average Bonchev–Trinajstić information content (AvgIpc) is 3.42. The second-order valence-electron chi connectivity index (χ2n) is 8.08. The molecule has 0 spiro atoms. The number of aliphatic carboxylic acids is 1. The summed E-state index contributed by atoms with van der Waals surface area (Å²) in [7, 11) is 1.59. The van der Waals surface area contributed by atoms with Crippen LogP contribution in [-0.2, 0) is 9.59 Å². The largest absolute Gasteiger partial charge is 0.497 e. The van der Waals surface area contributed by atoms with E-state index in [1.807, 2.05) is 54.3 Å². The minimum Gasteiger partial charge on any atom is -0.497 e. The molecule has 1 fully saturated rings. The highest BCUT2D eigenvalue weighted by Gasteiger charge is 2.48. The van der Waals surface area contributed by atoms with Gasteiger partial charge in [-0.15, -0.1) is 0 Å². The molecule has 0 bridgehead atoms. The molecule has 2 aromatic carbocycles. The number of nitrogens with zero attached hydrogens (tertiary/aromatic N) is 1. The molecule has 0 aromatic heterocycles. The zero-order chi connectivity index (χ0) is 22.7. The van der Waals surface area contributed by atoms with E-state index in [4.69, 9.17) is 14.2 Å². The molecule has 0 saturated carbocycles. The van der Waals surface area contributed by atoms with Crippen LogP contribution in [0.25, 0.3) is 0 Å². The van der Waals surface area contributed by atoms with Crippen LogP contribution in [0.1, 0.15) is 36.4 Å². The van der Waals surface area contributed by atoms with Crippen LogP contribution in [0, 0.1) is 5.92 Å². The Labute approximate surface area is 187 Å². The summed E-state index contributed by atoms with van der Waals surface area (Å²) in [5, 5.41) is 13.2. The Hall–Kier alpha value is -3.26. The molecule has 0 radical (unpaired) electrons. The van der Waals surface area contributed by atoms with Crippen molar-refractivity contribution in [2.45, 2.75) is 25.3 Å². The van der Waals surface area contributed by atoms with Crippen molar-refractivity contribution in [3.05, 3.63) is 53.6 Å². The van der Waals surface area contributed by atoms with Crippen LogP contribution in [0.15, 0.2) is 42.5 Å². The summed E-state index contributed by atoms with van der Waals surface area (Å²) in [5.74, 6) is -0.0901. The summed E-state index contributed by atoms with van der Waals surface area (Å²) in [5.41, 5.74) is 1.70. The Morgan fingerprint density at radius 2 is 1.84 bits per heavy atom. The number of rotatable bonds is 8. The lowest BCUT2D eigenvalue weighted by molar-refractivity contribution is -0.143. The summed E-state index contributed by atoms with van der Waals surface area (Å²) in [6.07, 6.45) is 0.839. The maximum Gasteiger partial charge on any atom is 0.309 e. The molecule has 2 heterocycles. The van der Waals surface area contributed by atoms with Crippen LogP contribution < -0.4 is 19.5 Å². The van der Waals surface area contributed by atoms with Crippen molar-refractivity contribution >= 4 is 11.9 Å². The summed E-state index contributed by atoms with van der Waals surface area (Å²) < 4.78 is 16.2. The van der Waals surface area contributed by atoms with Gasteiger partial charge in [-0.25, -0.2) is 0 Å². The number of fused-ring (bicyclic) bond motifs is 1. The molecular weight excluding hydrogens is 412 g/mol. The first-order chi connectivity index (χ1) is 15.5. The fourth-order valence-corrected chi connectivity index (χ4v) is 4.58. The van der Waals surface area contributed by atoms with Gasteiger partial charge in [0.1, 0.15) is 5.75 Å². The monoisotopic (exact) mass is 440 g/mol. The molecule has 1 saturated heterocycles. The van der Waals surface area contributed by atoms with E-state index in [9.17, 15) is 14.7 Å². The quantitative estimate of drug-likeness (QED) is 0.651. The maximum atomic E-state index is 12.6. The van der Waals surface area contributed by atoms with Crippen LogP contribution in [0.4, 0.5) is 0 Å². The highest BCUT2D eigenvalue weighted by Crippen LogP contribution is 2.47. The number of hydrogen-bond acceptors (Lipinski definition) is 6. The number of amides is 1. The molecule has 0 aliphatic carbocycles. The SMILES string of the molecule is CCCNC(=O)CN1C[C@H](c2ccc3c(c2)OCO3)C(C(=O)O)[C@@H]1c1ccc(OC)cc1. The zero-order valence-corrected chi connectivity index (χ0v) is 18.2. The van der Waals surface area contributed by atoms with Crippen molar-refractivity contribution in [3.63, 3.8) is 0 Å². The van der Waals surface area contributed by atoms with Gasteiger partial charge in [0, 0.05) is 25.0 Å². The molecule has 2 aromatic rings. The Kier molecular flexibility index (Phi) is 6.50. The first kappa shape index (κ1) is 22.0. The van der Waals surface area contributed by atoms with E-state index in [1.54, 1.807) is 7.11 Å². The summed E-state index contributed by atoms with van der Waals surface area (Å²) >= 11 is 0. The summed E-state index contributed by atoms with van der Waals surface area (Å²) in [6.45, 7) is 3.30. The molecule has 2 aliphatic heterocycles. The van der Waals surface area contributed by atoms with Crippen molar-refractivity contribution in [2.75, 3.05) is 33.5 Å². The number of nitrogens with one attached hydrogen (secondary N) is 1. The number of carbonyl (C=O) groups is 2. The smallest absolute Gasteiger partial charge is 0.309 e. The standard InChI is InChI=1S/C24H28N2O6/c1-3-10-25-21(27)13-26-12-18(16-6-9-19-20(11-16)32-14-31-19)22(24(28)29)23(26)15-4-7-17(30-2)8-5-15/h4-9,11,18,22-23H,3,10,12-14H2,1-2H3,(H,25,27)(H,28,29)/t18-,22?,23+/m1/s1. The number of hydrogen-bond donors (Lipinski definition) is 2. The lowest BCUT2D eigenvalue weighted by Crippen LogP contribution is -2.38. The van der Waals surface area contributed by atoms with E-state index in [-0.39, 0.29) is 25.2 Å². The van der Waals surface area contributed by atoms with E-state index in [1.165, 1.54) is 0 Å². The van der Waals surface area contributed by atoms with Crippen molar-refractivity contribution in [3.8, 4) is 17.2 Å². The van der Waals surface area contributed by atoms with Gasteiger partial charge in [0.05, 0.1) is 19.6 Å². The maximum absolute atomic E-state index is 12.6. The number of likely N-dealkylation sites (tertiary alicyclic amines) is 1. The lowest BCUT2D eigenvalue weighted by Gasteiger charge is -2.27. The Bertz CT molecular complexity index is 977. The van der Waals surface area contributed by atoms with Crippen LogP contribution in [0.3, 0.4) is 0 Å². The normalized spacial score (nSPS) is 22.0. The second-order valence-corrected chi connectivity index (χ2v) is 8.08. The number of benzene rings is 2. The first-order valence-electron chi connectivity index (χ1n) is 10.8. The van der Waals surface area contributed by atoms with Gasteiger partial charge in [-0.05, 0) is 41.8 Å².